The summed E-state index contributed by atoms with van der Waals surface area (Å²) >= 11 is -0.281. The van der Waals surface area contributed by atoms with Crippen LogP contribution in [0, 0.1) is 5.41 Å². The molecule has 0 spiro atoms. The van der Waals surface area contributed by atoms with Gasteiger partial charge in [-0.3, -0.25) is 0 Å². The summed E-state index contributed by atoms with van der Waals surface area (Å²) < 4.78 is 4.78. The van der Waals surface area contributed by atoms with Gasteiger partial charge in [-0.15, -0.1) is 0 Å². The van der Waals surface area contributed by atoms with Gasteiger partial charge in [0.25, 0.3) is 0 Å². The van der Waals surface area contributed by atoms with Crippen LogP contribution in [0.25, 0.3) is 0 Å². The molecule has 0 nitrogen and oxygen atoms in total. The molecule has 54 valence electrons. The van der Waals surface area contributed by atoms with Crippen molar-refractivity contribution in [2.75, 3.05) is 0 Å². The van der Waals surface area contributed by atoms with E-state index in [1.54, 1.807) is 0 Å². The van der Waals surface area contributed by atoms with Crippen molar-refractivity contribution in [2.45, 2.75) is 20.8 Å². The van der Waals surface area contributed by atoms with E-state index < -0.39 is 0 Å². The van der Waals surface area contributed by atoms with Crippen molar-refractivity contribution in [1.29, 1.82) is 0 Å². The molecule has 0 radical (unpaired) electrons. The first-order chi connectivity index (χ1) is 4.61. The van der Waals surface area contributed by atoms with Gasteiger partial charge in [-0.25, -0.2) is 0 Å². The van der Waals surface area contributed by atoms with Crippen molar-refractivity contribution in [3.63, 3.8) is 0 Å². The Labute approximate surface area is 74.1 Å². The summed E-state index contributed by atoms with van der Waals surface area (Å²) in [6, 6.07) is 0. The van der Waals surface area contributed by atoms with Crippen molar-refractivity contribution >= 4 is 26.5 Å². The molecule has 1 aliphatic rings. The van der Waals surface area contributed by atoms with E-state index >= 15 is 0 Å². The second kappa shape index (κ2) is 3.09. The third kappa shape index (κ3) is 2.13. The standard InChI is InChI=1S/C9H13.Bi/c1-6-8(7-2)9(3,4)5;/h1-2,6-7H,3-5H3;. The molecular weight excluding hydrogens is 317 g/mol. The third-order valence-electron chi connectivity index (χ3n) is 1.55. The molecule has 0 aromatic rings. The maximum absolute atomic E-state index is 2.39. The first-order valence-corrected chi connectivity index (χ1v) is 7.53. The quantitative estimate of drug-likeness (QED) is 0.596. The summed E-state index contributed by atoms with van der Waals surface area (Å²) in [5.74, 6) is 0. The third-order valence-corrected chi connectivity index (χ3v) is 4.04. The van der Waals surface area contributed by atoms with Gasteiger partial charge in [-0.05, 0) is 0 Å². The second-order valence-electron chi connectivity index (χ2n) is 3.49. The molecule has 0 aliphatic carbocycles. The summed E-state index contributed by atoms with van der Waals surface area (Å²) in [6.45, 7) is 6.78. The molecule has 0 saturated carbocycles. The van der Waals surface area contributed by atoms with Gasteiger partial charge in [0.2, 0.25) is 0 Å². The maximum atomic E-state index is 2.39. The normalized spacial score (nSPS) is 17.3. The molecule has 1 heteroatoms. The first kappa shape index (κ1) is 8.33. The molecule has 1 aliphatic heterocycles. The fraction of sp³-hybridized carbons (Fsp3) is 0.444. The summed E-state index contributed by atoms with van der Waals surface area (Å²) in [5.41, 5.74) is 1.82. The van der Waals surface area contributed by atoms with E-state index in [1.807, 2.05) is 0 Å². The molecule has 0 N–H and O–H groups in total. The Morgan fingerprint density at radius 3 is 2.30 bits per heavy atom. The fourth-order valence-electron chi connectivity index (χ4n) is 0.852. The van der Waals surface area contributed by atoms with Gasteiger partial charge >= 0.3 is 74.2 Å². The van der Waals surface area contributed by atoms with E-state index in [-0.39, 0.29) is 22.8 Å². The van der Waals surface area contributed by atoms with Crippen LogP contribution < -0.4 is 0 Å². The molecule has 1 heterocycles. The summed E-state index contributed by atoms with van der Waals surface area (Å²) in [5, 5.41) is 0. The molecule has 0 aromatic carbocycles. The molecular formula is C9H13Bi. The Bertz CT molecular complexity index is 201. The van der Waals surface area contributed by atoms with Crippen LogP contribution in [0.5, 0.6) is 0 Å². The number of hydrogen-bond donors (Lipinski definition) is 0. The van der Waals surface area contributed by atoms with Crippen LogP contribution >= 0.6 is 0 Å². The molecule has 0 aromatic heterocycles. The first-order valence-electron chi connectivity index (χ1n) is 3.51. The summed E-state index contributed by atoms with van der Waals surface area (Å²) in [4.78, 5) is 0. The van der Waals surface area contributed by atoms with Crippen LogP contribution in [0.15, 0.2) is 21.5 Å². The summed E-state index contributed by atoms with van der Waals surface area (Å²) in [7, 11) is 0. The predicted molar refractivity (Wildman–Crippen MR) is 48.5 cm³/mol. The van der Waals surface area contributed by atoms with E-state index in [0.717, 1.165) is 0 Å². The van der Waals surface area contributed by atoms with Crippen LogP contribution in [0.1, 0.15) is 20.8 Å². The molecule has 0 saturated heterocycles. The van der Waals surface area contributed by atoms with Gasteiger partial charge in [0.15, 0.2) is 0 Å². The number of hydrogen-bond acceptors (Lipinski definition) is 0. The van der Waals surface area contributed by atoms with Crippen LogP contribution in [0.4, 0.5) is 0 Å². The minimum atomic E-state index is -0.281. The SMILES string of the molecule is CC(C)(C)C1=C[CH]=[Bi][CH]=C1. The van der Waals surface area contributed by atoms with Gasteiger partial charge in [0.1, 0.15) is 0 Å². The van der Waals surface area contributed by atoms with E-state index in [1.165, 1.54) is 5.57 Å². The monoisotopic (exact) mass is 330 g/mol. The van der Waals surface area contributed by atoms with E-state index in [9.17, 15) is 0 Å². The Kier molecular flexibility index (Phi) is 2.57. The zero-order valence-corrected chi connectivity index (χ0v) is 10.2. The molecule has 0 bridgehead atoms. The van der Waals surface area contributed by atoms with Crippen molar-refractivity contribution in [1.82, 2.24) is 0 Å². The molecule has 0 fully saturated rings. The van der Waals surface area contributed by atoms with Crippen molar-refractivity contribution in [3.05, 3.63) is 21.5 Å². The Morgan fingerprint density at radius 2 is 2.00 bits per heavy atom. The molecule has 0 amide bonds. The zero-order valence-electron chi connectivity index (χ0n) is 6.76. The van der Waals surface area contributed by atoms with Crippen molar-refractivity contribution in [3.8, 4) is 0 Å². The average Bonchev–Trinajstić information content (AvgIpc) is 1.88. The molecule has 0 unspecified atom stereocenters. The van der Waals surface area contributed by atoms with Gasteiger partial charge in [0.05, 0.1) is 0 Å². The van der Waals surface area contributed by atoms with Crippen LogP contribution in [0.3, 0.4) is 0 Å². The Morgan fingerprint density at radius 1 is 1.30 bits per heavy atom. The predicted octanol–water partition coefficient (Wildman–Crippen LogP) is 1.99. The average molecular weight is 330 g/mol. The van der Waals surface area contributed by atoms with E-state index in [0.29, 0.717) is 5.41 Å². The number of rotatable bonds is 0. The summed E-state index contributed by atoms with van der Waals surface area (Å²) in [6.07, 6.45) is 4.60. The molecule has 10 heavy (non-hydrogen) atoms. The van der Waals surface area contributed by atoms with E-state index in [2.05, 4.69) is 40.4 Å². The Balaban J connectivity index is 2.85. The van der Waals surface area contributed by atoms with Gasteiger partial charge in [-0.2, -0.15) is 0 Å². The van der Waals surface area contributed by atoms with Crippen molar-refractivity contribution in [2.24, 2.45) is 5.41 Å². The Hall–Kier alpha value is 0.233. The second-order valence-corrected chi connectivity index (χ2v) is 6.96. The van der Waals surface area contributed by atoms with Crippen LogP contribution in [-0.4, -0.2) is 26.5 Å². The zero-order chi connectivity index (χ0) is 7.61. The van der Waals surface area contributed by atoms with E-state index in [4.69, 9.17) is 0 Å². The molecule has 1 rings (SSSR count). The van der Waals surface area contributed by atoms with Crippen LogP contribution in [-0.2, 0) is 0 Å². The molecule has 0 atom stereocenters. The topological polar surface area (TPSA) is 0 Å². The van der Waals surface area contributed by atoms with Crippen LogP contribution in [0.2, 0.25) is 0 Å². The van der Waals surface area contributed by atoms with Gasteiger partial charge in [-0.1, -0.05) is 0 Å². The minimum absolute atomic E-state index is 0.281. The van der Waals surface area contributed by atoms with Gasteiger partial charge in [0, 0.05) is 0 Å². The fourth-order valence-corrected chi connectivity index (χ4v) is 3.16. The number of allylic oxidation sites excluding steroid dienone is 3. The van der Waals surface area contributed by atoms with Crippen molar-refractivity contribution < 1.29 is 0 Å². The van der Waals surface area contributed by atoms with Gasteiger partial charge < -0.3 is 0 Å².